The van der Waals surface area contributed by atoms with Gasteiger partial charge in [-0.05, 0) is 57.1 Å². The van der Waals surface area contributed by atoms with Gasteiger partial charge in [0.05, 0.1) is 12.6 Å². The molecule has 1 amide bonds. The highest BCUT2D eigenvalue weighted by atomic mass is 16.2. The van der Waals surface area contributed by atoms with Crippen LogP contribution in [-0.2, 0) is 11.2 Å². The maximum absolute atomic E-state index is 12.5. The zero-order valence-electron chi connectivity index (χ0n) is 13.3. The molecule has 0 spiro atoms. The van der Waals surface area contributed by atoms with Crippen LogP contribution in [0.3, 0.4) is 0 Å². The zero-order valence-corrected chi connectivity index (χ0v) is 13.3. The molecule has 2 aliphatic rings. The number of fused-ring (bicyclic) bond motifs is 1. The van der Waals surface area contributed by atoms with E-state index in [0.29, 0.717) is 18.5 Å². The Morgan fingerprint density at radius 1 is 1.41 bits per heavy atom. The summed E-state index contributed by atoms with van der Waals surface area (Å²) in [5, 5.41) is 12.3. The van der Waals surface area contributed by atoms with Gasteiger partial charge in [0.15, 0.2) is 0 Å². The number of carbonyl (C=O) groups excluding carboxylic acids is 1. The Bertz CT molecular complexity index is 617. The van der Waals surface area contributed by atoms with Crippen LogP contribution in [0, 0.1) is 17.2 Å². The highest BCUT2D eigenvalue weighted by Gasteiger charge is 2.43. The van der Waals surface area contributed by atoms with Crippen LogP contribution >= 0.6 is 0 Å². The van der Waals surface area contributed by atoms with E-state index in [9.17, 15) is 10.1 Å². The van der Waals surface area contributed by atoms with Crippen LogP contribution in [0.2, 0.25) is 0 Å². The smallest absolute Gasteiger partial charge is 0.240 e. The average molecular weight is 297 g/mol. The number of amides is 1. The lowest BCUT2D eigenvalue weighted by molar-refractivity contribution is -0.121. The Hall–Kier alpha value is -2.02. The molecule has 4 nitrogen and oxygen atoms in total. The molecule has 2 atom stereocenters. The quantitative estimate of drug-likeness (QED) is 0.929. The molecule has 1 aliphatic carbocycles. The normalized spacial score (nSPS) is 23.1. The Balaban J connectivity index is 1.72. The molecule has 1 saturated carbocycles. The number of hydrogen-bond donors (Lipinski definition) is 1. The molecule has 0 unspecified atom stereocenters. The van der Waals surface area contributed by atoms with Crippen LogP contribution in [0.1, 0.15) is 38.7 Å². The predicted octanol–water partition coefficient (Wildman–Crippen LogP) is 2.64. The first kappa shape index (κ1) is 14.9. The average Bonchev–Trinajstić information content (AvgIpc) is 3.35. The Morgan fingerprint density at radius 3 is 2.82 bits per heavy atom. The van der Waals surface area contributed by atoms with E-state index < -0.39 is 5.54 Å². The fourth-order valence-corrected chi connectivity index (χ4v) is 3.37. The van der Waals surface area contributed by atoms with Crippen molar-refractivity contribution in [1.82, 2.24) is 5.32 Å². The molecule has 116 valence electrons. The number of aryl methyl sites for hydroxylation is 1. The SMILES string of the molecule is C[C@@H]1CCc2ccccc2N1CC(=O)N[C@@](C)(C#N)C1CC1. The second kappa shape index (κ2) is 5.64. The summed E-state index contributed by atoms with van der Waals surface area (Å²) in [4.78, 5) is 14.6. The molecular formula is C18H23N3O. The zero-order chi connectivity index (χ0) is 15.7. The van der Waals surface area contributed by atoms with Gasteiger partial charge in [-0.2, -0.15) is 5.26 Å². The van der Waals surface area contributed by atoms with Crippen molar-refractivity contribution in [3.8, 4) is 6.07 Å². The van der Waals surface area contributed by atoms with Gasteiger partial charge in [-0.3, -0.25) is 4.79 Å². The molecule has 0 radical (unpaired) electrons. The lowest BCUT2D eigenvalue weighted by Gasteiger charge is -2.37. The Kier molecular flexibility index (Phi) is 3.82. The molecule has 1 fully saturated rings. The number of para-hydroxylation sites is 1. The van der Waals surface area contributed by atoms with Gasteiger partial charge >= 0.3 is 0 Å². The van der Waals surface area contributed by atoms with Crippen molar-refractivity contribution in [3.05, 3.63) is 29.8 Å². The van der Waals surface area contributed by atoms with Gasteiger partial charge in [0, 0.05) is 11.7 Å². The van der Waals surface area contributed by atoms with E-state index in [1.807, 2.05) is 19.1 Å². The first-order valence-electron chi connectivity index (χ1n) is 8.10. The van der Waals surface area contributed by atoms with Gasteiger partial charge in [-0.15, -0.1) is 0 Å². The number of hydrogen-bond acceptors (Lipinski definition) is 3. The summed E-state index contributed by atoms with van der Waals surface area (Å²) in [6, 6.07) is 10.9. The van der Waals surface area contributed by atoms with Gasteiger partial charge in [0.25, 0.3) is 0 Å². The number of rotatable bonds is 4. The van der Waals surface area contributed by atoms with Crippen LogP contribution in [0.15, 0.2) is 24.3 Å². The van der Waals surface area contributed by atoms with E-state index in [4.69, 9.17) is 0 Å². The fraction of sp³-hybridized carbons (Fsp3) is 0.556. The Morgan fingerprint density at radius 2 is 2.14 bits per heavy atom. The van der Waals surface area contributed by atoms with Crippen molar-refractivity contribution < 1.29 is 4.79 Å². The van der Waals surface area contributed by atoms with Gasteiger partial charge in [0.1, 0.15) is 5.54 Å². The van der Waals surface area contributed by atoms with Gasteiger partial charge in [-0.1, -0.05) is 18.2 Å². The largest absolute Gasteiger partial charge is 0.359 e. The molecule has 4 heteroatoms. The number of anilines is 1. The van der Waals surface area contributed by atoms with Gasteiger partial charge < -0.3 is 10.2 Å². The number of nitrogens with one attached hydrogen (secondary N) is 1. The number of nitrogens with zero attached hydrogens (tertiary/aromatic N) is 2. The third-order valence-electron chi connectivity index (χ3n) is 5.00. The molecule has 1 heterocycles. The Labute approximate surface area is 132 Å². The van der Waals surface area contributed by atoms with Gasteiger partial charge in [0.2, 0.25) is 5.91 Å². The predicted molar refractivity (Wildman–Crippen MR) is 86.5 cm³/mol. The van der Waals surface area contributed by atoms with E-state index >= 15 is 0 Å². The molecule has 0 saturated heterocycles. The summed E-state index contributed by atoms with van der Waals surface area (Å²) in [6.45, 7) is 4.33. The standard InChI is InChI=1S/C18H23N3O/c1-13-7-8-14-5-3-4-6-16(14)21(13)11-17(22)20-18(2,12-19)15-9-10-15/h3-6,13,15H,7-11H2,1-2H3,(H,20,22)/t13-,18+/m1/s1. The summed E-state index contributed by atoms with van der Waals surface area (Å²) in [5.41, 5.74) is 1.75. The third kappa shape index (κ3) is 2.81. The maximum Gasteiger partial charge on any atom is 0.240 e. The first-order valence-corrected chi connectivity index (χ1v) is 8.10. The van der Waals surface area contributed by atoms with Crippen molar-refractivity contribution in [2.24, 2.45) is 5.92 Å². The van der Waals surface area contributed by atoms with Crippen LogP contribution < -0.4 is 10.2 Å². The maximum atomic E-state index is 12.5. The molecule has 1 N–H and O–H groups in total. The van der Waals surface area contributed by atoms with Crippen molar-refractivity contribution in [3.63, 3.8) is 0 Å². The van der Waals surface area contributed by atoms with Crippen LogP contribution in [0.25, 0.3) is 0 Å². The lowest BCUT2D eigenvalue weighted by atomic mass is 9.96. The molecule has 1 aliphatic heterocycles. The number of benzene rings is 1. The van der Waals surface area contributed by atoms with E-state index in [0.717, 1.165) is 31.4 Å². The van der Waals surface area contributed by atoms with Crippen molar-refractivity contribution >= 4 is 11.6 Å². The minimum Gasteiger partial charge on any atom is -0.359 e. The second-order valence-electron chi connectivity index (χ2n) is 6.78. The minimum absolute atomic E-state index is 0.0560. The van der Waals surface area contributed by atoms with Crippen LogP contribution in [0.4, 0.5) is 5.69 Å². The summed E-state index contributed by atoms with van der Waals surface area (Å²) < 4.78 is 0. The number of nitriles is 1. The fourth-order valence-electron chi connectivity index (χ4n) is 3.37. The molecular weight excluding hydrogens is 274 g/mol. The minimum atomic E-state index is -0.713. The lowest BCUT2D eigenvalue weighted by Crippen LogP contribution is -2.52. The molecule has 1 aromatic carbocycles. The van der Waals surface area contributed by atoms with Crippen LogP contribution in [0.5, 0.6) is 0 Å². The molecule has 22 heavy (non-hydrogen) atoms. The van der Waals surface area contributed by atoms with E-state index in [1.165, 1.54) is 5.56 Å². The van der Waals surface area contributed by atoms with Gasteiger partial charge in [-0.25, -0.2) is 0 Å². The monoisotopic (exact) mass is 297 g/mol. The second-order valence-corrected chi connectivity index (χ2v) is 6.78. The molecule has 3 rings (SSSR count). The van der Waals surface area contributed by atoms with E-state index in [-0.39, 0.29) is 5.91 Å². The van der Waals surface area contributed by atoms with Crippen molar-refractivity contribution in [2.75, 3.05) is 11.4 Å². The molecule has 0 aromatic heterocycles. The van der Waals surface area contributed by atoms with Crippen molar-refractivity contribution in [1.29, 1.82) is 5.26 Å². The number of carbonyl (C=O) groups is 1. The third-order valence-corrected chi connectivity index (χ3v) is 5.00. The highest BCUT2D eigenvalue weighted by molar-refractivity contribution is 5.83. The summed E-state index contributed by atoms with van der Waals surface area (Å²) in [5.74, 6) is 0.256. The van der Waals surface area contributed by atoms with Crippen molar-refractivity contribution in [2.45, 2.75) is 51.1 Å². The molecule has 1 aromatic rings. The summed E-state index contributed by atoms with van der Waals surface area (Å²) >= 11 is 0. The summed E-state index contributed by atoms with van der Waals surface area (Å²) in [7, 11) is 0. The van der Waals surface area contributed by atoms with Crippen LogP contribution in [-0.4, -0.2) is 24.0 Å². The van der Waals surface area contributed by atoms with E-state index in [1.54, 1.807) is 0 Å². The topological polar surface area (TPSA) is 56.1 Å². The first-order chi connectivity index (χ1) is 10.5. The summed E-state index contributed by atoms with van der Waals surface area (Å²) in [6.07, 6.45) is 4.19. The highest BCUT2D eigenvalue weighted by Crippen LogP contribution is 2.39. The van der Waals surface area contributed by atoms with E-state index in [2.05, 4.69) is 35.3 Å². The molecule has 0 bridgehead atoms.